The van der Waals surface area contributed by atoms with Crippen LogP contribution in [0.1, 0.15) is 11.7 Å². The van der Waals surface area contributed by atoms with Crippen molar-refractivity contribution in [2.75, 3.05) is 18.0 Å². The van der Waals surface area contributed by atoms with Crippen LogP contribution in [0, 0.1) is 0 Å². The molecule has 27 heavy (non-hydrogen) atoms. The van der Waals surface area contributed by atoms with Gasteiger partial charge in [-0.3, -0.25) is 0 Å². The van der Waals surface area contributed by atoms with Crippen LogP contribution >= 0.6 is 11.6 Å². The monoisotopic (exact) mass is 377 g/mol. The Morgan fingerprint density at radius 1 is 1.04 bits per heavy atom. The first-order valence-electron chi connectivity index (χ1n) is 8.70. The minimum absolute atomic E-state index is 0.308. The second-order valence-electron chi connectivity index (χ2n) is 6.49. The van der Waals surface area contributed by atoms with Crippen LogP contribution in [-0.2, 0) is 0 Å². The number of ether oxygens (including phenoxy) is 1. The van der Waals surface area contributed by atoms with Gasteiger partial charge < -0.3 is 14.6 Å². The number of hydrogen-bond donors (Lipinski definition) is 1. The van der Waals surface area contributed by atoms with Crippen LogP contribution in [0.2, 0.25) is 5.02 Å². The van der Waals surface area contributed by atoms with Crippen LogP contribution < -0.4 is 9.64 Å². The van der Waals surface area contributed by atoms with Gasteiger partial charge in [-0.25, -0.2) is 15.0 Å². The van der Waals surface area contributed by atoms with Gasteiger partial charge in [0.1, 0.15) is 11.6 Å². The molecule has 0 radical (unpaired) electrons. The minimum Gasteiger partial charge on any atom is -0.436 e. The number of nitrogens with one attached hydrogen (secondary N) is 1. The van der Waals surface area contributed by atoms with Crippen LogP contribution in [0.25, 0.3) is 11.0 Å². The quantitative estimate of drug-likeness (QED) is 0.570. The summed E-state index contributed by atoms with van der Waals surface area (Å²) in [7, 11) is 0. The van der Waals surface area contributed by atoms with E-state index in [2.05, 4.69) is 24.8 Å². The molecule has 0 aliphatic carbocycles. The zero-order chi connectivity index (χ0) is 18.2. The van der Waals surface area contributed by atoms with Crippen LogP contribution in [0.5, 0.6) is 11.6 Å². The first kappa shape index (κ1) is 16.1. The maximum atomic E-state index is 6.05. The Balaban J connectivity index is 1.34. The molecule has 6 nitrogen and oxygen atoms in total. The summed E-state index contributed by atoms with van der Waals surface area (Å²) in [5, 5.41) is 0.693. The van der Waals surface area contributed by atoms with Gasteiger partial charge >= 0.3 is 0 Å². The number of aromatic amines is 1. The number of halogens is 1. The van der Waals surface area contributed by atoms with Crippen LogP contribution in [-0.4, -0.2) is 33.0 Å². The number of H-pyrrole nitrogens is 1. The number of para-hydroxylation sites is 1. The molecular weight excluding hydrogens is 362 g/mol. The van der Waals surface area contributed by atoms with E-state index in [9.17, 15) is 0 Å². The van der Waals surface area contributed by atoms with Gasteiger partial charge in [0.05, 0.1) is 17.0 Å². The van der Waals surface area contributed by atoms with Gasteiger partial charge in [-0.15, -0.1) is 0 Å². The highest BCUT2D eigenvalue weighted by Crippen LogP contribution is 2.35. The molecule has 4 aromatic rings. The lowest BCUT2D eigenvalue weighted by molar-refractivity contribution is 0.442. The highest BCUT2D eigenvalue weighted by Gasteiger charge is 2.33. The molecule has 1 fully saturated rings. The summed E-state index contributed by atoms with van der Waals surface area (Å²) in [6.07, 6.45) is 3.33. The molecule has 5 rings (SSSR count). The van der Waals surface area contributed by atoms with Gasteiger partial charge in [0, 0.05) is 30.5 Å². The second kappa shape index (κ2) is 6.55. The summed E-state index contributed by atoms with van der Waals surface area (Å²) in [4.78, 5) is 19.0. The summed E-state index contributed by atoms with van der Waals surface area (Å²) in [5.41, 5.74) is 1.89. The number of imidazole rings is 1. The third-order valence-corrected chi connectivity index (χ3v) is 4.87. The lowest BCUT2D eigenvalue weighted by atomic mass is 9.99. The Morgan fingerprint density at radius 2 is 1.85 bits per heavy atom. The lowest BCUT2D eigenvalue weighted by Crippen LogP contribution is -2.46. The fourth-order valence-electron chi connectivity index (χ4n) is 3.22. The predicted octanol–water partition coefficient (Wildman–Crippen LogP) is 4.40. The number of hydrogen-bond acceptors (Lipinski definition) is 5. The molecule has 1 aliphatic heterocycles. The van der Waals surface area contributed by atoms with Gasteiger partial charge in [-0.2, -0.15) is 0 Å². The maximum Gasteiger partial charge on any atom is 0.263 e. The molecule has 2 aromatic carbocycles. The average Bonchev–Trinajstić information content (AvgIpc) is 3.05. The van der Waals surface area contributed by atoms with Crippen molar-refractivity contribution in [1.82, 2.24) is 19.9 Å². The molecule has 2 aromatic heterocycles. The topological polar surface area (TPSA) is 66.9 Å². The Hall–Kier alpha value is -3.12. The van der Waals surface area contributed by atoms with Gasteiger partial charge in [0.15, 0.2) is 5.82 Å². The second-order valence-corrected chi connectivity index (χ2v) is 6.92. The van der Waals surface area contributed by atoms with Crippen LogP contribution in [0.3, 0.4) is 0 Å². The maximum absolute atomic E-state index is 6.05. The van der Waals surface area contributed by atoms with E-state index in [0.29, 0.717) is 16.8 Å². The summed E-state index contributed by atoms with van der Waals surface area (Å²) in [6.45, 7) is 1.61. The minimum atomic E-state index is 0.308. The van der Waals surface area contributed by atoms with E-state index in [-0.39, 0.29) is 0 Å². The van der Waals surface area contributed by atoms with Gasteiger partial charge in [0.2, 0.25) is 0 Å². The number of fused-ring (bicyclic) bond motifs is 1. The number of aromatic nitrogens is 4. The largest absolute Gasteiger partial charge is 0.436 e. The highest BCUT2D eigenvalue weighted by molar-refractivity contribution is 6.31. The average molecular weight is 378 g/mol. The smallest absolute Gasteiger partial charge is 0.263 e. The third-order valence-electron chi connectivity index (χ3n) is 4.64. The number of anilines is 1. The van der Waals surface area contributed by atoms with E-state index >= 15 is 0 Å². The van der Waals surface area contributed by atoms with E-state index in [1.165, 1.54) is 0 Å². The fraction of sp³-hybridized carbons (Fsp3) is 0.150. The van der Waals surface area contributed by atoms with Gasteiger partial charge in [-0.1, -0.05) is 29.8 Å². The molecule has 0 saturated carbocycles. The summed E-state index contributed by atoms with van der Waals surface area (Å²) < 4.78 is 5.92. The Labute approximate surface area is 160 Å². The molecule has 0 amide bonds. The number of rotatable bonds is 4. The van der Waals surface area contributed by atoms with Crippen molar-refractivity contribution in [2.24, 2.45) is 0 Å². The number of nitrogens with zero attached hydrogens (tertiary/aromatic N) is 4. The van der Waals surface area contributed by atoms with Crippen molar-refractivity contribution in [3.63, 3.8) is 0 Å². The molecule has 3 heterocycles. The molecule has 134 valence electrons. The molecule has 1 aliphatic rings. The van der Waals surface area contributed by atoms with E-state index in [1.54, 1.807) is 12.4 Å². The van der Waals surface area contributed by atoms with E-state index in [4.69, 9.17) is 16.3 Å². The van der Waals surface area contributed by atoms with E-state index in [1.807, 2.05) is 48.5 Å². The molecule has 0 bridgehead atoms. The first-order valence-corrected chi connectivity index (χ1v) is 9.08. The van der Waals surface area contributed by atoms with Gasteiger partial charge in [-0.05, 0) is 30.3 Å². The molecular formula is C20H16ClN5O. The third kappa shape index (κ3) is 3.08. The Morgan fingerprint density at radius 3 is 2.70 bits per heavy atom. The van der Waals surface area contributed by atoms with Crippen molar-refractivity contribution in [1.29, 1.82) is 0 Å². The SMILES string of the molecule is Clc1ccc2[nH]c(C3CN(c4nccnc4Oc4ccccc4)C3)nc2c1. The van der Waals surface area contributed by atoms with Crippen molar-refractivity contribution in [3.8, 4) is 11.6 Å². The van der Waals surface area contributed by atoms with Crippen molar-refractivity contribution in [3.05, 3.63) is 71.8 Å². The van der Waals surface area contributed by atoms with Crippen LogP contribution in [0.4, 0.5) is 5.82 Å². The Kier molecular flexibility index (Phi) is 3.90. The zero-order valence-corrected chi connectivity index (χ0v) is 15.1. The standard InChI is InChI=1S/C20H16ClN5O/c21-14-6-7-16-17(10-14)25-18(24-16)13-11-26(12-13)19-20(23-9-8-22-19)27-15-4-2-1-3-5-15/h1-10,13H,11-12H2,(H,24,25). The number of benzene rings is 2. The van der Waals surface area contributed by atoms with Crippen molar-refractivity contribution < 1.29 is 4.74 Å². The molecule has 7 heteroatoms. The molecule has 0 unspecified atom stereocenters. The first-order chi connectivity index (χ1) is 13.3. The molecule has 1 saturated heterocycles. The molecule has 1 N–H and O–H groups in total. The highest BCUT2D eigenvalue weighted by atomic mass is 35.5. The van der Waals surface area contributed by atoms with Gasteiger partial charge in [0.25, 0.3) is 5.88 Å². The van der Waals surface area contributed by atoms with E-state index in [0.717, 1.165) is 41.5 Å². The summed E-state index contributed by atoms with van der Waals surface area (Å²) >= 11 is 6.05. The van der Waals surface area contributed by atoms with Crippen molar-refractivity contribution >= 4 is 28.5 Å². The molecule has 0 spiro atoms. The van der Waals surface area contributed by atoms with E-state index < -0.39 is 0 Å². The fourth-order valence-corrected chi connectivity index (χ4v) is 3.39. The van der Waals surface area contributed by atoms with Crippen molar-refractivity contribution in [2.45, 2.75) is 5.92 Å². The summed E-state index contributed by atoms with van der Waals surface area (Å²) in [5.74, 6) is 3.28. The molecule has 0 atom stereocenters. The van der Waals surface area contributed by atoms with Crippen LogP contribution in [0.15, 0.2) is 60.9 Å². The zero-order valence-electron chi connectivity index (χ0n) is 14.3. The Bertz CT molecular complexity index is 1090. The summed E-state index contributed by atoms with van der Waals surface area (Å²) in [6, 6.07) is 15.3. The normalized spacial score (nSPS) is 14.3. The predicted molar refractivity (Wildman–Crippen MR) is 105 cm³/mol. The lowest BCUT2D eigenvalue weighted by Gasteiger charge is -2.39.